The molecular formula is C18H28N4O3. The first-order valence-electron chi connectivity index (χ1n) is 9.35. The van der Waals surface area contributed by atoms with E-state index in [9.17, 15) is 9.59 Å². The second kappa shape index (κ2) is 8.58. The van der Waals surface area contributed by atoms with E-state index in [0.717, 1.165) is 65.2 Å². The maximum absolute atomic E-state index is 12.7. The molecule has 0 aliphatic carbocycles. The summed E-state index contributed by atoms with van der Waals surface area (Å²) in [6, 6.07) is 3.00. The molecule has 0 radical (unpaired) electrons. The maximum Gasteiger partial charge on any atom is 0.274 e. The van der Waals surface area contributed by atoms with Gasteiger partial charge in [0.15, 0.2) is 0 Å². The molecule has 1 amide bonds. The Bertz CT molecular complexity index is 631. The minimum atomic E-state index is -0.150. The Morgan fingerprint density at radius 1 is 1.20 bits per heavy atom. The minimum absolute atomic E-state index is 0.0605. The molecule has 2 aliphatic heterocycles. The van der Waals surface area contributed by atoms with Crippen molar-refractivity contribution in [3.05, 3.63) is 28.2 Å². The molecule has 0 spiro atoms. The Balaban J connectivity index is 1.54. The van der Waals surface area contributed by atoms with Crippen LogP contribution in [0.5, 0.6) is 0 Å². The molecule has 3 heterocycles. The first kappa shape index (κ1) is 18.1. The highest BCUT2D eigenvalue weighted by Crippen LogP contribution is 2.20. The minimum Gasteiger partial charge on any atom is -0.379 e. The van der Waals surface area contributed by atoms with Crippen LogP contribution in [0.3, 0.4) is 0 Å². The zero-order valence-electron chi connectivity index (χ0n) is 15.0. The van der Waals surface area contributed by atoms with Gasteiger partial charge in [-0.15, -0.1) is 0 Å². The summed E-state index contributed by atoms with van der Waals surface area (Å²) in [4.78, 5) is 28.8. The lowest BCUT2D eigenvalue weighted by molar-refractivity contribution is 0.0242. The fraction of sp³-hybridized carbons (Fsp3) is 0.722. The summed E-state index contributed by atoms with van der Waals surface area (Å²) in [5.41, 5.74) is 0.224. The quantitative estimate of drug-likeness (QED) is 0.789. The second-order valence-corrected chi connectivity index (χ2v) is 6.93. The van der Waals surface area contributed by atoms with E-state index in [1.165, 1.54) is 10.7 Å². The molecule has 2 aliphatic rings. The van der Waals surface area contributed by atoms with Gasteiger partial charge in [0.05, 0.1) is 13.2 Å². The van der Waals surface area contributed by atoms with Gasteiger partial charge >= 0.3 is 0 Å². The molecule has 3 rings (SSSR count). The van der Waals surface area contributed by atoms with E-state index < -0.39 is 0 Å². The van der Waals surface area contributed by atoms with Crippen LogP contribution in [0.15, 0.2) is 16.9 Å². The van der Waals surface area contributed by atoms with Gasteiger partial charge in [0.1, 0.15) is 5.69 Å². The van der Waals surface area contributed by atoms with Gasteiger partial charge in [-0.25, -0.2) is 4.68 Å². The molecule has 2 saturated heterocycles. The molecule has 2 fully saturated rings. The summed E-state index contributed by atoms with van der Waals surface area (Å²) >= 11 is 0. The third kappa shape index (κ3) is 4.67. The van der Waals surface area contributed by atoms with E-state index in [0.29, 0.717) is 18.2 Å². The molecule has 0 bridgehead atoms. The zero-order chi connectivity index (χ0) is 17.6. The summed E-state index contributed by atoms with van der Waals surface area (Å²) < 4.78 is 6.78. The van der Waals surface area contributed by atoms with Gasteiger partial charge in [0, 0.05) is 45.3 Å². The molecule has 7 heteroatoms. The lowest BCUT2D eigenvalue weighted by atomic mass is 9.96. The van der Waals surface area contributed by atoms with E-state index in [1.54, 1.807) is 6.07 Å². The van der Waals surface area contributed by atoms with Crippen molar-refractivity contribution in [2.75, 3.05) is 45.9 Å². The van der Waals surface area contributed by atoms with E-state index in [1.807, 2.05) is 11.8 Å². The van der Waals surface area contributed by atoms with E-state index in [-0.39, 0.29) is 11.5 Å². The number of aryl methyl sites for hydroxylation is 1. The monoisotopic (exact) mass is 348 g/mol. The Morgan fingerprint density at radius 3 is 2.60 bits per heavy atom. The molecule has 138 valence electrons. The summed E-state index contributed by atoms with van der Waals surface area (Å²) in [6.45, 7) is 8.86. The van der Waals surface area contributed by atoms with Crippen molar-refractivity contribution < 1.29 is 9.53 Å². The van der Waals surface area contributed by atoms with Crippen molar-refractivity contribution in [1.29, 1.82) is 0 Å². The van der Waals surface area contributed by atoms with Crippen LogP contribution < -0.4 is 5.56 Å². The van der Waals surface area contributed by atoms with Crippen molar-refractivity contribution >= 4 is 5.91 Å². The largest absolute Gasteiger partial charge is 0.379 e. The maximum atomic E-state index is 12.7. The van der Waals surface area contributed by atoms with E-state index in [4.69, 9.17) is 4.74 Å². The highest BCUT2D eigenvalue weighted by Gasteiger charge is 2.26. The van der Waals surface area contributed by atoms with Gasteiger partial charge in [-0.05, 0) is 31.2 Å². The number of carbonyl (C=O) groups excluding carboxylic acids is 1. The second-order valence-electron chi connectivity index (χ2n) is 6.93. The van der Waals surface area contributed by atoms with Crippen LogP contribution in [-0.2, 0) is 11.3 Å². The van der Waals surface area contributed by atoms with Crippen molar-refractivity contribution in [1.82, 2.24) is 19.6 Å². The number of nitrogens with zero attached hydrogens (tertiary/aromatic N) is 4. The Kier molecular flexibility index (Phi) is 6.20. The third-order valence-corrected chi connectivity index (χ3v) is 5.04. The first-order chi connectivity index (χ1) is 12.2. The number of carbonyl (C=O) groups is 1. The van der Waals surface area contributed by atoms with Gasteiger partial charge in [-0.2, -0.15) is 5.10 Å². The molecule has 0 saturated carbocycles. The molecule has 0 atom stereocenters. The molecule has 1 aromatic rings. The smallest absolute Gasteiger partial charge is 0.274 e. The predicted octanol–water partition coefficient (Wildman–Crippen LogP) is 0.838. The molecular weight excluding hydrogens is 320 g/mol. The molecule has 0 N–H and O–H groups in total. The summed E-state index contributed by atoms with van der Waals surface area (Å²) in [5, 5.41) is 4.24. The molecule has 0 aromatic carbocycles. The van der Waals surface area contributed by atoms with Crippen LogP contribution in [0.4, 0.5) is 0 Å². The lowest BCUT2D eigenvalue weighted by Gasteiger charge is -2.36. The van der Waals surface area contributed by atoms with Gasteiger partial charge in [0.25, 0.3) is 11.5 Å². The lowest BCUT2D eigenvalue weighted by Crippen LogP contribution is -2.44. The zero-order valence-corrected chi connectivity index (χ0v) is 15.0. The van der Waals surface area contributed by atoms with Crippen LogP contribution >= 0.6 is 0 Å². The Morgan fingerprint density at radius 2 is 1.92 bits per heavy atom. The summed E-state index contributed by atoms with van der Waals surface area (Å²) in [6.07, 6.45) is 2.87. The van der Waals surface area contributed by atoms with Crippen LogP contribution in [0.1, 0.15) is 36.7 Å². The Hall–Kier alpha value is -1.73. The van der Waals surface area contributed by atoms with Crippen molar-refractivity contribution in [2.24, 2.45) is 5.92 Å². The number of hydrogen-bond donors (Lipinski definition) is 0. The number of piperidine rings is 1. The summed E-state index contributed by atoms with van der Waals surface area (Å²) in [5.74, 6) is 0.582. The molecule has 25 heavy (non-hydrogen) atoms. The van der Waals surface area contributed by atoms with Crippen LogP contribution in [0, 0.1) is 5.92 Å². The molecule has 0 unspecified atom stereocenters. The highest BCUT2D eigenvalue weighted by molar-refractivity contribution is 5.92. The summed E-state index contributed by atoms with van der Waals surface area (Å²) in [7, 11) is 0. The average Bonchev–Trinajstić information content (AvgIpc) is 2.65. The van der Waals surface area contributed by atoms with E-state index in [2.05, 4.69) is 10.00 Å². The van der Waals surface area contributed by atoms with Gasteiger partial charge in [-0.1, -0.05) is 6.92 Å². The van der Waals surface area contributed by atoms with Gasteiger partial charge < -0.3 is 9.64 Å². The van der Waals surface area contributed by atoms with Crippen molar-refractivity contribution in [3.63, 3.8) is 0 Å². The standard InChI is InChI=1S/C18H28N4O3/c1-2-7-22-17(23)4-3-16(19-22)18(24)21-8-5-15(6-9-21)14-20-10-12-25-13-11-20/h3-4,15H,2,5-14H2,1H3. The predicted molar refractivity (Wildman–Crippen MR) is 94.7 cm³/mol. The van der Waals surface area contributed by atoms with Crippen molar-refractivity contribution in [3.8, 4) is 0 Å². The number of rotatable bonds is 5. The topological polar surface area (TPSA) is 67.7 Å². The number of morpholine rings is 1. The van der Waals surface area contributed by atoms with Crippen LogP contribution in [-0.4, -0.2) is 71.4 Å². The Labute approximate surface area is 148 Å². The molecule has 7 nitrogen and oxygen atoms in total. The number of likely N-dealkylation sites (tertiary alicyclic amines) is 1. The van der Waals surface area contributed by atoms with Gasteiger partial charge in [-0.3, -0.25) is 14.5 Å². The highest BCUT2D eigenvalue weighted by atomic mass is 16.5. The SMILES string of the molecule is CCCn1nc(C(=O)N2CCC(CN3CCOCC3)CC2)ccc1=O. The normalized spacial score (nSPS) is 20.0. The fourth-order valence-corrected chi connectivity index (χ4v) is 3.56. The van der Waals surface area contributed by atoms with Crippen LogP contribution in [0.25, 0.3) is 0 Å². The van der Waals surface area contributed by atoms with Crippen molar-refractivity contribution in [2.45, 2.75) is 32.7 Å². The average molecular weight is 348 g/mol. The number of ether oxygens (including phenoxy) is 1. The molecule has 1 aromatic heterocycles. The van der Waals surface area contributed by atoms with E-state index >= 15 is 0 Å². The number of aromatic nitrogens is 2. The number of hydrogen-bond acceptors (Lipinski definition) is 5. The number of amides is 1. The fourth-order valence-electron chi connectivity index (χ4n) is 3.56. The third-order valence-electron chi connectivity index (χ3n) is 5.04. The van der Waals surface area contributed by atoms with Gasteiger partial charge in [0.2, 0.25) is 0 Å². The first-order valence-corrected chi connectivity index (χ1v) is 9.35. The van der Waals surface area contributed by atoms with Crippen LogP contribution in [0.2, 0.25) is 0 Å².